The summed E-state index contributed by atoms with van der Waals surface area (Å²) in [5.41, 5.74) is 2.57. The number of esters is 1. The molecule has 1 aromatic heterocycles. The minimum Gasteiger partial charge on any atom is -0.459 e. The van der Waals surface area contributed by atoms with Crippen LogP contribution in [0.1, 0.15) is 30.7 Å². The Hall–Kier alpha value is -2.43. The van der Waals surface area contributed by atoms with Gasteiger partial charge in [-0.25, -0.2) is 0 Å². The van der Waals surface area contributed by atoms with Gasteiger partial charge in [0.15, 0.2) is 0 Å². The Bertz CT molecular complexity index is 776. The monoisotopic (exact) mass is 345 g/mol. The van der Waals surface area contributed by atoms with E-state index in [2.05, 4.69) is 4.98 Å². The lowest BCUT2D eigenvalue weighted by atomic mass is 10.1. The van der Waals surface area contributed by atoms with Crippen LogP contribution in [-0.2, 0) is 22.6 Å². The van der Waals surface area contributed by atoms with Crippen molar-refractivity contribution in [3.63, 3.8) is 0 Å². The molecule has 0 saturated heterocycles. The van der Waals surface area contributed by atoms with Gasteiger partial charge in [0.05, 0.1) is 11.6 Å². The summed E-state index contributed by atoms with van der Waals surface area (Å²) in [5, 5.41) is 0. The van der Waals surface area contributed by atoms with E-state index in [1.807, 2.05) is 42.6 Å². The van der Waals surface area contributed by atoms with Crippen LogP contribution in [0.4, 0.5) is 8.78 Å². The average Bonchev–Trinajstić information content (AvgIpc) is 2.90. The largest absolute Gasteiger partial charge is 0.459 e. The van der Waals surface area contributed by atoms with E-state index < -0.39 is 29.3 Å². The summed E-state index contributed by atoms with van der Waals surface area (Å²) < 4.78 is 30.3. The number of carbonyl (C=O) groups excluding carboxylic acids is 1. The summed E-state index contributed by atoms with van der Waals surface area (Å²) in [4.78, 5) is 15.4. The Labute approximate surface area is 145 Å². The van der Waals surface area contributed by atoms with Crippen LogP contribution < -0.4 is 0 Å². The fraction of sp³-hybridized carbons (Fsp3) is 0.350. The van der Waals surface area contributed by atoms with E-state index in [0.717, 1.165) is 23.8 Å². The van der Waals surface area contributed by atoms with Crippen LogP contribution >= 0.6 is 0 Å². The van der Waals surface area contributed by atoms with Gasteiger partial charge in [-0.3, -0.25) is 4.79 Å². The molecular formula is C20H21F2NO2. The molecule has 3 nitrogen and oxygen atoms in total. The number of rotatable bonds is 6. The Morgan fingerprint density at radius 3 is 2.64 bits per heavy atom. The molecule has 2 aromatic rings. The summed E-state index contributed by atoms with van der Waals surface area (Å²) >= 11 is 0. The van der Waals surface area contributed by atoms with Gasteiger partial charge in [-0.15, -0.1) is 0 Å². The fourth-order valence-electron chi connectivity index (χ4n) is 3.36. The number of halogens is 2. The van der Waals surface area contributed by atoms with Gasteiger partial charge in [-0.1, -0.05) is 44.2 Å². The Morgan fingerprint density at radius 1 is 1.24 bits per heavy atom. The topological polar surface area (TPSA) is 42.1 Å². The van der Waals surface area contributed by atoms with Crippen molar-refractivity contribution in [3.05, 3.63) is 71.6 Å². The summed E-state index contributed by atoms with van der Waals surface area (Å²) in [6.45, 7) is 3.73. The van der Waals surface area contributed by atoms with Crippen molar-refractivity contribution < 1.29 is 18.3 Å². The highest BCUT2D eigenvalue weighted by atomic mass is 19.3. The summed E-state index contributed by atoms with van der Waals surface area (Å²) in [5.74, 6) is -1.40. The minimum atomic E-state index is -1.75. The molecule has 0 amide bonds. The number of benzene rings is 1. The smallest absolute Gasteiger partial charge is 0.310 e. The molecule has 1 heterocycles. The second-order valence-electron chi connectivity index (χ2n) is 7.03. The van der Waals surface area contributed by atoms with Crippen molar-refractivity contribution in [2.75, 3.05) is 0 Å². The maximum absolute atomic E-state index is 12.5. The van der Waals surface area contributed by atoms with E-state index in [-0.39, 0.29) is 6.61 Å². The molecule has 1 N–H and O–H groups in total. The number of H-pyrrole nitrogens is 1. The molecule has 2 unspecified atom stereocenters. The van der Waals surface area contributed by atoms with Gasteiger partial charge in [-0.2, -0.15) is 8.78 Å². The standard InChI is InChI=1S/C20H21F2NO2/c1-20(2)15(11-17(21)22)18(20)19(24)25-12-16-14(8-9-23-16)10-13-6-4-3-5-7-13/h3-9,11,15,18,23H,10,12H2,1-2H3. The first-order valence-electron chi connectivity index (χ1n) is 8.28. The normalized spacial score (nSPS) is 20.8. The van der Waals surface area contributed by atoms with Crippen LogP contribution in [0.5, 0.6) is 0 Å². The van der Waals surface area contributed by atoms with E-state index in [9.17, 15) is 13.6 Å². The number of aromatic nitrogens is 1. The molecule has 5 heteroatoms. The fourth-order valence-corrected chi connectivity index (χ4v) is 3.36. The van der Waals surface area contributed by atoms with Gasteiger partial charge in [0.1, 0.15) is 6.61 Å². The van der Waals surface area contributed by atoms with Crippen LogP contribution in [0.15, 0.2) is 54.8 Å². The SMILES string of the molecule is CC1(C)C(C=C(F)F)C1C(=O)OCc1[nH]ccc1Cc1ccccc1. The Kier molecular flexibility index (Phi) is 4.75. The number of hydrogen-bond donors (Lipinski definition) is 1. The first-order valence-corrected chi connectivity index (χ1v) is 8.28. The zero-order valence-corrected chi connectivity index (χ0v) is 14.3. The molecule has 0 radical (unpaired) electrons. The molecule has 0 spiro atoms. The van der Waals surface area contributed by atoms with E-state index in [4.69, 9.17) is 4.74 Å². The van der Waals surface area contributed by atoms with E-state index in [1.165, 1.54) is 5.56 Å². The molecule has 132 valence electrons. The van der Waals surface area contributed by atoms with Gasteiger partial charge in [0, 0.05) is 12.1 Å². The first-order chi connectivity index (χ1) is 11.9. The van der Waals surface area contributed by atoms with Crippen LogP contribution in [0, 0.1) is 17.3 Å². The van der Waals surface area contributed by atoms with Crippen LogP contribution in [-0.4, -0.2) is 11.0 Å². The second-order valence-corrected chi connectivity index (χ2v) is 7.03. The summed E-state index contributed by atoms with van der Waals surface area (Å²) in [6.07, 6.45) is 1.67. The molecule has 3 rings (SSSR count). The average molecular weight is 345 g/mol. The molecule has 0 bridgehead atoms. The van der Waals surface area contributed by atoms with Crippen LogP contribution in [0.3, 0.4) is 0 Å². The second kappa shape index (κ2) is 6.82. The molecule has 1 aromatic carbocycles. The maximum atomic E-state index is 12.5. The molecule has 1 aliphatic carbocycles. The summed E-state index contributed by atoms with van der Waals surface area (Å²) in [7, 11) is 0. The zero-order valence-electron chi connectivity index (χ0n) is 14.3. The lowest BCUT2D eigenvalue weighted by molar-refractivity contribution is -0.147. The third-order valence-electron chi connectivity index (χ3n) is 5.00. The van der Waals surface area contributed by atoms with Gasteiger partial charge in [0.2, 0.25) is 0 Å². The molecule has 25 heavy (non-hydrogen) atoms. The maximum Gasteiger partial charge on any atom is 0.310 e. The lowest BCUT2D eigenvalue weighted by Crippen LogP contribution is -2.11. The third-order valence-corrected chi connectivity index (χ3v) is 5.00. The third kappa shape index (κ3) is 3.81. The minimum absolute atomic E-state index is 0.120. The van der Waals surface area contributed by atoms with Gasteiger partial charge < -0.3 is 9.72 Å². The van der Waals surface area contributed by atoms with Crippen molar-refractivity contribution in [1.82, 2.24) is 4.98 Å². The van der Waals surface area contributed by atoms with Crippen molar-refractivity contribution >= 4 is 5.97 Å². The highest BCUT2D eigenvalue weighted by molar-refractivity contribution is 5.78. The van der Waals surface area contributed by atoms with Crippen molar-refractivity contribution in [1.29, 1.82) is 0 Å². The van der Waals surface area contributed by atoms with Gasteiger partial charge in [0.25, 0.3) is 6.08 Å². The number of carbonyl (C=O) groups is 1. The quantitative estimate of drug-likeness (QED) is 0.771. The Balaban J connectivity index is 1.61. The molecule has 1 saturated carbocycles. The molecule has 0 aliphatic heterocycles. The number of ether oxygens (including phenoxy) is 1. The van der Waals surface area contributed by atoms with Gasteiger partial charge in [-0.05, 0) is 35.1 Å². The number of hydrogen-bond acceptors (Lipinski definition) is 2. The number of allylic oxidation sites excluding steroid dienone is 1. The van der Waals surface area contributed by atoms with Crippen LogP contribution in [0.2, 0.25) is 0 Å². The lowest BCUT2D eigenvalue weighted by Gasteiger charge is -2.07. The zero-order chi connectivity index (χ0) is 18.0. The predicted molar refractivity (Wildman–Crippen MR) is 90.9 cm³/mol. The van der Waals surface area contributed by atoms with E-state index >= 15 is 0 Å². The van der Waals surface area contributed by atoms with E-state index in [0.29, 0.717) is 0 Å². The highest BCUT2D eigenvalue weighted by Gasteiger charge is 2.62. The number of nitrogens with one attached hydrogen (secondary N) is 1. The van der Waals surface area contributed by atoms with E-state index in [1.54, 1.807) is 13.8 Å². The van der Waals surface area contributed by atoms with Crippen molar-refractivity contribution in [2.45, 2.75) is 26.9 Å². The predicted octanol–water partition coefficient (Wildman–Crippen LogP) is 4.70. The van der Waals surface area contributed by atoms with Crippen LogP contribution in [0.25, 0.3) is 0 Å². The summed E-state index contributed by atoms with van der Waals surface area (Å²) in [6, 6.07) is 12.0. The van der Waals surface area contributed by atoms with Crippen molar-refractivity contribution in [3.8, 4) is 0 Å². The van der Waals surface area contributed by atoms with Crippen molar-refractivity contribution in [2.24, 2.45) is 17.3 Å². The van der Waals surface area contributed by atoms with Gasteiger partial charge >= 0.3 is 5.97 Å². The molecule has 2 atom stereocenters. The number of aromatic amines is 1. The highest BCUT2D eigenvalue weighted by Crippen LogP contribution is 2.60. The molecule has 1 fully saturated rings. The molecule has 1 aliphatic rings. The Morgan fingerprint density at radius 2 is 1.96 bits per heavy atom. The first kappa shape index (κ1) is 17.4. The molecular weight excluding hydrogens is 324 g/mol.